The minimum Gasteiger partial charge on any atom is -0.507 e. The normalized spacial score (nSPS) is 12.3. The number of phenolic OH excluding ortho intramolecular Hbond substituents is 1. The van der Waals surface area contributed by atoms with E-state index in [1.165, 1.54) is 6.21 Å². The number of benzene rings is 2. The fraction of sp³-hybridized carbons (Fsp3) is 0.0667. The van der Waals surface area contributed by atoms with E-state index in [2.05, 4.69) is 10.5 Å². The summed E-state index contributed by atoms with van der Waals surface area (Å²) in [6, 6.07) is 13.6. The number of amides is 1. The second kappa shape index (κ2) is 7.19. The monoisotopic (exact) mass is 396 g/mol. The zero-order chi connectivity index (χ0) is 15.2. The number of rotatable bonds is 4. The zero-order valence-electron chi connectivity index (χ0n) is 10.9. The highest BCUT2D eigenvalue weighted by molar-refractivity contribution is 14.1. The summed E-state index contributed by atoms with van der Waals surface area (Å²) in [6.45, 7) is 0. The highest BCUT2D eigenvalue weighted by Crippen LogP contribution is 2.19. The van der Waals surface area contributed by atoms with E-state index in [-0.39, 0.29) is 5.75 Å². The van der Waals surface area contributed by atoms with E-state index in [0.29, 0.717) is 9.13 Å². The molecule has 0 saturated heterocycles. The number of carbonyl (C=O) groups is 1. The van der Waals surface area contributed by atoms with E-state index < -0.39 is 12.0 Å². The first-order chi connectivity index (χ1) is 10.1. The van der Waals surface area contributed by atoms with Gasteiger partial charge in [0, 0.05) is 0 Å². The molecular weight excluding hydrogens is 383 g/mol. The van der Waals surface area contributed by atoms with E-state index >= 15 is 0 Å². The third-order valence-electron chi connectivity index (χ3n) is 2.72. The minimum atomic E-state index is -1.26. The van der Waals surface area contributed by atoms with Crippen LogP contribution in [0, 0.1) is 3.57 Å². The lowest BCUT2D eigenvalue weighted by molar-refractivity contribution is -0.129. The average molecular weight is 396 g/mol. The Labute approximate surface area is 135 Å². The fourth-order valence-corrected chi connectivity index (χ4v) is 2.16. The molecule has 2 aromatic rings. The number of aliphatic hydroxyl groups excluding tert-OH is 1. The molecule has 1 amide bonds. The van der Waals surface area contributed by atoms with Crippen molar-refractivity contribution in [1.82, 2.24) is 5.43 Å². The largest absolute Gasteiger partial charge is 0.507 e. The van der Waals surface area contributed by atoms with E-state index in [1.54, 1.807) is 48.5 Å². The van der Waals surface area contributed by atoms with Crippen LogP contribution in [-0.2, 0) is 4.79 Å². The number of aromatic hydroxyl groups is 1. The van der Waals surface area contributed by atoms with Crippen LogP contribution in [0.2, 0.25) is 0 Å². The maximum atomic E-state index is 11.7. The Morgan fingerprint density at radius 3 is 2.62 bits per heavy atom. The molecular formula is C15H13IN2O3. The number of hydrazone groups is 1. The van der Waals surface area contributed by atoms with Crippen LogP contribution in [0.1, 0.15) is 17.2 Å². The van der Waals surface area contributed by atoms with Gasteiger partial charge in [-0.25, -0.2) is 5.43 Å². The third kappa shape index (κ3) is 4.27. The topological polar surface area (TPSA) is 81.9 Å². The van der Waals surface area contributed by atoms with Crippen LogP contribution in [0.3, 0.4) is 0 Å². The number of nitrogens with one attached hydrogen (secondary N) is 1. The zero-order valence-corrected chi connectivity index (χ0v) is 13.1. The van der Waals surface area contributed by atoms with Crippen molar-refractivity contribution in [2.75, 3.05) is 0 Å². The van der Waals surface area contributed by atoms with Crippen LogP contribution in [0.5, 0.6) is 5.75 Å². The number of nitrogens with zero attached hydrogens (tertiary/aromatic N) is 1. The van der Waals surface area contributed by atoms with Gasteiger partial charge < -0.3 is 10.2 Å². The first kappa shape index (κ1) is 15.5. The molecule has 6 heteroatoms. The number of hydrogen-bond donors (Lipinski definition) is 3. The molecule has 0 heterocycles. The highest BCUT2D eigenvalue weighted by Gasteiger charge is 2.15. The molecule has 0 spiro atoms. The van der Waals surface area contributed by atoms with Crippen LogP contribution < -0.4 is 5.43 Å². The Morgan fingerprint density at radius 1 is 1.24 bits per heavy atom. The molecule has 21 heavy (non-hydrogen) atoms. The van der Waals surface area contributed by atoms with Crippen LogP contribution in [0.15, 0.2) is 53.6 Å². The lowest BCUT2D eigenvalue weighted by Crippen LogP contribution is -2.25. The lowest BCUT2D eigenvalue weighted by Gasteiger charge is -2.08. The second-order valence-corrected chi connectivity index (χ2v) is 5.42. The van der Waals surface area contributed by atoms with Gasteiger partial charge in [0.25, 0.3) is 5.91 Å². The van der Waals surface area contributed by atoms with Gasteiger partial charge in [0.2, 0.25) is 0 Å². The molecule has 0 aliphatic rings. The Hall–Kier alpha value is -1.93. The van der Waals surface area contributed by atoms with Gasteiger partial charge >= 0.3 is 0 Å². The molecule has 0 aromatic heterocycles. The van der Waals surface area contributed by atoms with Gasteiger partial charge in [-0.2, -0.15) is 5.10 Å². The molecule has 5 nitrogen and oxygen atoms in total. The standard InChI is InChI=1S/C15H13IN2O3/c16-12-8-10(6-7-13(12)19)9-17-18-15(21)14(20)11-4-2-1-3-5-11/h1-9,14,19-20H,(H,18,21)/b17-9-/t14-/m1/s1. The summed E-state index contributed by atoms with van der Waals surface area (Å²) in [5.41, 5.74) is 3.51. The molecule has 0 aliphatic heterocycles. The summed E-state index contributed by atoms with van der Waals surface area (Å²) in [4.78, 5) is 11.7. The molecule has 2 aromatic carbocycles. The van der Waals surface area contributed by atoms with Crippen molar-refractivity contribution in [3.63, 3.8) is 0 Å². The molecule has 0 bridgehead atoms. The van der Waals surface area contributed by atoms with Gasteiger partial charge in [-0.15, -0.1) is 0 Å². The number of halogens is 1. The molecule has 0 aliphatic carbocycles. The molecule has 108 valence electrons. The SMILES string of the molecule is O=C(N/N=C\c1ccc(O)c(I)c1)[C@H](O)c1ccccc1. The molecule has 0 unspecified atom stereocenters. The van der Waals surface area contributed by atoms with E-state index in [0.717, 1.165) is 5.56 Å². The third-order valence-corrected chi connectivity index (χ3v) is 3.59. The Kier molecular flexibility index (Phi) is 5.29. The summed E-state index contributed by atoms with van der Waals surface area (Å²) < 4.78 is 0.687. The predicted molar refractivity (Wildman–Crippen MR) is 88.0 cm³/mol. The van der Waals surface area contributed by atoms with E-state index in [9.17, 15) is 15.0 Å². The van der Waals surface area contributed by atoms with Crippen LogP contribution in [0.25, 0.3) is 0 Å². The number of aliphatic hydroxyl groups is 1. The van der Waals surface area contributed by atoms with Crippen molar-refractivity contribution in [3.05, 3.63) is 63.2 Å². The summed E-state index contributed by atoms with van der Waals surface area (Å²) in [5, 5.41) is 23.0. The summed E-state index contributed by atoms with van der Waals surface area (Å²) in [6.07, 6.45) is 0.181. The smallest absolute Gasteiger partial charge is 0.273 e. The lowest BCUT2D eigenvalue weighted by atomic mass is 10.1. The van der Waals surface area contributed by atoms with Crippen LogP contribution >= 0.6 is 22.6 Å². The molecule has 3 N–H and O–H groups in total. The van der Waals surface area contributed by atoms with Crippen molar-refractivity contribution in [1.29, 1.82) is 0 Å². The average Bonchev–Trinajstić information content (AvgIpc) is 2.51. The predicted octanol–water partition coefficient (Wildman–Crippen LogP) is 2.18. The van der Waals surface area contributed by atoms with E-state index in [1.807, 2.05) is 22.6 Å². The van der Waals surface area contributed by atoms with Crippen molar-refractivity contribution in [2.24, 2.45) is 5.10 Å². The summed E-state index contributed by atoms with van der Waals surface area (Å²) in [7, 11) is 0. The van der Waals surface area contributed by atoms with Crippen molar-refractivity contribution in [2.45, 2.75) is 6.10 Å². The summed E-state index contributed by atoms with van der Waals surface area (Å²) in [5.74, 6) is -0.415. The minimum absolute atomic E-state index is 0.191. The van der Waals surface area contributed by atoms with Gasteiger partial charge in [0.1, 0.15) is 5.75 Å². The fourth-order valence-electron chi connectivity index (χ4n) is 1.62. The molecule has 0 radical (unpaired) electrons. The molecule has 0 saturated carbocycles. The highest BCUT2D eigenvalue weighted by atomic mass is 127. The van der Waals surface area contributed by atoms with Gasteiger partial charge in [-0.3, -0.25) is 4.79 Å². The first-order valence-corrected chi connectivity index (χ1v) is 7.20. The first-order valence-electron chi connectivity index (χ1n) is 6.12. The van der Waals surface area contributed by atoms with Gasteiger partial charge in [-0.1, -0.05) is 30.3 Å². The quantitative estimate of drug-likeness (QED) is 0.421. The van der Waals surface area contributed by atoms with Crippen molar-refractivity contribution >= 4 is 34.7 Å². The summed E-state index contributed by atoms with van der Waals surface area (Å²) >= 11 is 1.99. The molecule has 0 fully saturated rings. The van der Waals surface area contributed by atoms with Crippen molar-refractivity contribution in [3.8, 4) is 5.75 Å². The second-order valence-electron chi connectivity index (χ2n) is 4.26. The maximum absolute atomic E-state index is 11.7. The van der Waals surface area contributed by atoms with Gasteiger partial charge in [0.05, 0.1) is 9.78 Å². The Bertz CT molecular complexity index is 659. The Morgan fingerprint density at radius 2 is 1.95 bits per heavy atom. The van der Waals surface area contributed by atoms with Crippen LogP contribution in [-0.4, -0.2) is 22.3 Å². The van der Waals surface area contributed by atoms with Crippen molar-refractivity contribution < 1.29 is 15.0 Å². The Balaban J connectivity index is 1.97. The maximum Gasteiger partial charge on any atom is 0.273 e. The van der Waals surface area contributed by atoms with Gasteiger partial charge in [-0.05, 0) is 51.9 Å². The molecule has 1 atom stereocenters. The van der Waals surface area contributed by atoms with E-state index in [4.69, 9.17) is 0 Å². The van der Waals surface area contributed by atoms with Gasteiger partial charge in [0.15, 0.2) is 6.10 Å². The van der Waals surface area contributed by atoms with Crippen LogP contribution in [0.4, 0.5) is 0 Å². The number of carbonyl (C=O) groups excluding carboxylic acids is 1. The number of hydrogen-bond acceptors (Lipinski definition) is 4. The molecule has 2 rings (SSSR count). The number of phenols is 1.